The second kappa shape index (κ2) is 7.67. The topological polar surface area (TPSA) is 56.6 Å². The Balaban J connectivity index is 1.49. The van der Waals surface area contributed by atoms with Gasteiger partial charge in [-0.3, -0.25) is 4.79 Å². The largest absolute Gasteiger partial charge is 0.484 e. The Morgan fingerprint density at radius 2 is 1.84 bits per heavy atom. The maximum atomic E-state index is 13.0. The standard InChI is InChI=1S/C19H18FN3O2/c20-16-4-6-17(7-5-16)22-8-10-23(11-9-22)19(24)14-25-18-3-1-2-15(12-18)13-21/h1-7,12H,8-11,14H2. The van der Waals surface area contributed by atoms with Gasteiger partial charge in [0.15, 0.2) is 6.61 Å². The van der Waals surface area contributed by atoms with E-state index in [0.29, 0.717) is 37.5 Å². The number of carbonyl (C=O) groups is 1. The van der Waals surface area contributed by atoms with Gasteiger partial charge in [-0.05, 0) is 42.5 Å². The van der Waals surface area contributed by atoms with Gasteiger partial charge in [-0.25, -0.2) is 4.39 Å². The average Bonchev–Trinajstić information content (AvgIpc) is 2.67. The number of carbonyl (C=O) groups excluding carboxylic acids is 1. The van der Waals surface area contributed by atoms with Crippen LogP contribution in [0.1, 0.15) is 5.56 Å². The molecule has 1 saturated heterocycles. The van der Waals surface area contributed by atoms with E-state index in [2.05, 4.69) is 4.90 Å². The third-order valence-electron chi connectivity index (χ3n) is 4.15. The summed E-state index contributed by atoms with van der Waals surface area (Å²) in [5, 5.41) is 8.87. The molecule has 5 nitrogen and oxygen atoms in total. The molecule has 0 radical (unpaired) electrons. The Labute approximate surface area is 145 Å². The Kier molecular flexibility index (Phi) is 5.14. The molecule has 0 aliphatic carbocycles. The number of benzene rings is 2. The van der Waals surface area contributed by atoms with Gasteiger partial charge >= 0.3 is 0 Å². The Bertz CT molecular complexity index is 778. The first-order valence-electron chi connectivity index (χ1n) is 8.07. The molecular formula is C19H18FN3O2. The molecule has 1 fully saturated rings. The van der Waals surface area contributed by atoms with E-state index in [1.54, 1.807) is 41.3 Å². The zero-order valence-corrected chi connectivity index (χ0v) is 13.7. The molecule has 2 aromatic rings. The Hall–Kier alpha value is -3.07. The lowest BCUT2D eigenvalue weighted by atomic mass is 10.2. The number of anilines is 1. The zero-order chi connectivity index (χ0) is 17.6. The van der Waals surface area contributed by atoms with Crippen molar-refractivity contribution in [1.29, 1.82) is 5.26 Å². The van der Waals surface area contributed by atoms with Crippen molar-refractivity contribution in [3.05, 3.63) is 59.9 Å². The van der Waals surface area contributed by atoms with Gasteiger partial charge in [0.2, 0.25) is 0 Å². The fourth-order valence-corrected chi connectivity index (χ4v) is 2.76. The molecule has 25 heavy (non-hydrogen) atoms. The van der Waals surface area contributed by atoms with Gasteiger partial charge in [0.1, 0.15) is 11.6 Å². The number of ether oxygens (including phenoxy) is 1. The number of piperazine rings is 1. The minimum Gasteiger partial charge on any atom is -0.484 e. The van der Waals surface area contributed by atoms with Crippen LogP contribution in [0.2, 0.25) is 0 Å². The van der Waals surface area contributed by atoms with E-state index in [1.807, 2.05) is 6.07 Å². The Morgan fingerprint density at radius 1 is 1.12 bits per heavy atom. The molecule has 0 N–H and O–H groups in total. The third kappa shape index (κ3) is 4.27. The molecule has 0 atom stereocenters. The molecule has 1 aliphatic rings. The molecule has 3 rings (SSSR count). The molecule has 0 unspecified atom stereocenters. The predicted octanol–water partition coefficient (Wildman–Crippen LogP) is 2.42. The highest BCUT2D eigenvalue weighted by Gasteiger charge is 2.21. The molecule has 1 aliphatic heterocycles. The van der Waals surface area contributed by atoms with Gasteiger partial charge in [0.25, 0.3) is 5.91 Å². The molecule has 0 spiro atoms. The highest BCUT2D eigenvalue weighted by molar-refractivity contribution is 5.78. The van der Waals surface area contributed by atoms with Crippen molar-refractivity contribution in [2.75, 3.05) is 37.7 Å². The second-order valence-corrected chi connectivity index (χ2v) is 5.77. The van der Waals surface area contributed by atoms with Crippen molar-refractivity contribution >= 4 is 11.6 Å². The summed E-state index contributed by atoms with van der Waals surface area (Å²) in [6, 6.07) is 15.2. The number of nitriles is 1. The third-order valence-corrected chi connectivity index (χ3v) is 4.15. The number of halogens is 1. The first kappa shape index (κ1) is 16.8. The minimum absolute atomic E-state index is 0.0502. The van der Waals surface area contributed by atoms with Crippen molar-refractivity contribution in [3.8, 4) is 11.8 Å². The van der Waals surface area contributed by atoms with E-state index in [1.165, 1.54) is 12.1 Å². The van der Waals surface area contributed by atoms with Crippen molar-refractivity contribution in [2.24, 2.45) is 0 Å². The number of rotatable bonds is 4. The molecule has 128 valence electrons. The van der Waals surface area contributed by atoms with E-state index >= 15 is 0 Å². The molecule has 1 heterocycles. The van der Waals surface area contributed by atoms with Gasteiger partial charge in [-0.1, -0.05) is 6.07 Å². The molecule has 0 aromatic heterocycles. The second-order valence-electron chi connectivity index (χ2n) is 5.77. The van der Waals surface area contributed by atoms with E-state index in [4.69, 9.17) is 10.00 Å². The van der Waals surface area contributed by atoms with Crippen LogP contribution >= 0.6 is 0 Å². The fraction of sp³-hybridized carbons (Fsp3) is 0.263. The molecular weight excluding hydrogens is 321 g/mol. The van der Waals surface area contributed by atoms with Crippen LogP contribution in [0.3, 0.4) is 0 Å². The van der Waals surface area contributed by atoms with Gasteiger partial charge < -0.3 is 14.5 Å². The van der Waals surface area contributed by atoms with Crippen LogP contribution in [0, 0.1) is 17.1 Å². The molecule has 0 saturated carbocycles. The van der Waals surface area contributed by atoms with Crippen molar-refractivity contribution in [3.63, 3.8) is 0 Å². The van der Waals surface area contributed by atoms with Crippen LogP contribution < -0.4 is 9.64 Å². The summed E-state index contributed by atoms with van der Waals surface area (Å²) >= 11 is 0. The van der Waals surface area contributed by atoms with Crippen LogP contribution in [-0.2, 0) is 4.79 Å². The van der Waals surface area contributed by atoms with Crippen LogP contribution in [0.4, 0.5) is 10.1 Å². The van der Waals surface area contributed by atoms with Crippen LogP contribution in [0.15, 0.2) is 48.5 Å². The molecule has 6 heteroatoms. The molecule has 0 bridgehead atoms. The predicted molar refractivity (Wildman–Crippen MR) is 91.8 cm³/mol. The lowest BCUT2D eigenvalue weighted by molar-refractivity contribution is -0.133. The monoisotopic (exact) mass is 339 g/mol. The number of nitrogens with zero attached hydrogens (tertiary/aromatic N) is 3. The van der Waals surface area contributed by atoms with Gasteiger partial charge in [-0.15, -0.1) is 0 Å². The molecule has 2 aromatic carbocycles. The normalized spacial score (nSPS) is 14.1. The van der Waals surface area contributed by atoms with Gasteiger partial charge in [0, 0.05) is 31.9 Å². The lowest BCUT2D eigenvalue weighted by Gasteiger charge is -2.36. The maximum absolute atomic E-state index is 13.0. The summed E-state index contributed by atoms with van der Waals surface area (Å²) in [5.41, 5.74) is 1.45. The van der Waals surface area contributed by atoms with E-state index < -0.39 is 0 Å². The van der Waals surface area contributed by atoms with Crippen molar-refractivity contribution < 1.29 is 13.9 Å². The summed E-state index contributed by atoms with van der Waals surface area (Å²) in [7, 11) is 0. The first-order chi connectivity index (χ1) is 12.2. The highest BCUT2D eigenvalue weighted by atomic mass is 19.1. The number of hydrogen-bond donors (Lipinski definition) is 0. The van der Waals surface area contributed by atoms with Crippen LogP contribution in [0.25, 0.3) is 0 Å². The SMILES string of the molecule is N#Cc1cccc(OCC(=O)N2CCN(c3ccc(F)cc3)CC2)c1. The first-order valence-corrected chi connectivity index (χ1v) is 8.07. The fourth-order valence-electron chi connectivity index (χ4n) is 2.76. The Morgan fingerprint density at radius 3 is 2.52 bits per heavy atom. The van der Waals surface area contributed by atoms with Crippen molar-refractivity contribution in [1.82, 2.24) is 4.90 Å². The summed E-state index contributed by atoms with van der Waals surface area (Å²) in [6.07, 6.45) is 0. The van der Waals surface area contributed by atoms with Gasteiger partial charge in [0.05, 0.1) is 11.6 Å². The highest BCUT2D eigenvalue weighted by Crippen LogP contribution is 2.17. The maximum Gasteiger partial charge on any atom is 0.260 e. The average molecular weight is 339 g/mol. The number of amides is 1. The van der Waals surface area contributed by atoms with Crippen LogP contribution in [-0.4, -0.2) is 43.6 Å². The van der Waals surface area contributed by atoms with E-state index in [0.717, 1.165) is 5.69 Å². The summed E-state index contributed by atoms with van der Waals surface area (Å²) in [4.78, 5) is 16.2. The lowest BCUT2D eigenvalue weighted by Crippen LogP contribution is -2.50. The minimum atomic E-state index is -0.254. The van der Waals surface area contributed by atoms with Gasteiger partial charge in [-0.2, -0.15) is 5.26 Å². The summed E-state index contributed by atoms with van der Waals surface area (Å²) in [5.74, 6) is 0.175. The smallest absolute Gasteiger partial charge is 0.260 e. The van der Waals surface area contributed by atoms with Crippen LogP contribution in [0.5, 0.6) is 5.75 Å². The summed E-state index contributed by atoms with van der Waals surface area (Å²) in [6.45, 7) is 2.53. The molecule has 1 amide bonds. The van der Waals surface area contributed by atoms with E-state index in [-0.39, 0.29) is 18.3 Å². The summed E-state index contributed by atoms with van der Waals surface area (Å²) < 4.78 is 18.5. The number of hydrogen-bond acceptors (Lipinski definition) is 4. The quantitative estimate of drug-likeness (QED) is 0.858. The van der Waals surface area contributed by atoms with Crippen molar-refractivity contribution in [2.45, 2.75) is 0 Å². The zero-order valence-electron chi connectivity index (χ0n) is 13.7. The van der Waals surface area contributed by atoms with E-state index in [9.17, 15) is 9.18 Å².